The summed E-state index contributed by atoms with van der Waals surface area (Å²) < 4.78 is 2.07. The van der Waals surface area contributed by atoms with Crippen molar-refractivity contribution in [2.45, 2.75) is 38.9 Å². The van der Waals surface area contributed by atoms with E-state index < -0.39 is 0 Å². The highest BCUT2D eigenvalue weighted by Crippen LogP contribution is 2.16. The molecule has 0 spiro atoms. The van der Waals surface area contributed by atoms with E-state index in [9.17, 15) is 0 Å². The lowest BCUT2D eigenvalue weighted by Crippen LogP contribution is -2.42. The van der Waals surface area contributed by atoms with Crippen molar-refractivity contribution in [1.29, 1.82) is 0 Å². The number of piperidine rings is 1. The van der Waals surface area contributed by atoms with Gasteiger partial charge in [0.2, 0.25) is 0 Å². The van der Waals surface area contributed by atoms with Gasteiger partial charge in [0, 0.05) is 31.9 Å². The van der Waals surface area contributed by atoms with E-state index in [1.54, 1.807) is 0 Å². The van der Waals surface area contributed by atoms with Crippen LogP contribution in [0.2, 0.25) is 0 Å². The van der Waals surface area contributed by atoms with Gasteiger partial charge in [0.25, 0.3) is 0 Å². The van der Waals surface area contributed by atoms with Gasteiger partial charge in [0.15, 0.2) is 0 Å². The molecule has 1 saturated heterocycles. The largest absolute Gasteiger partial charge is 0.336 e. The number of hydrogen-bond acceptors (Lipinski definition) is 4. The molecule has 1 aromatic heterocycles. The van der Waals surface area contributed by atoms with Gasteiger partial charge in [0.1, 0.15) is 0 Å². The average molecular weight is 265 g/mol. The summed E-state index contributed by atoms with van der Waals surface area (Å²) in [6.07, 6.45) is 6.54. The molecule has 0 unspecified atom stereocenters. The Balaban J connectivity index is 1.81. The first-order valence-corrected chi connectivity index (χ1v) is 7.36. The van der Waals surface area contributed by atoms with Crippen molar-refractivity contribution >= 4 is 0 Å². The molecule has 1 aliphatic heterocycles. The Kier molecular flexibility index (Phi) is 5.36. The number of rotatable bonds is 6. The SMILES string of the molecule is CCN1CCC(N(C)Cc2cn(CCN)cn2)CC1. The van der Waals surface area contributed by atoms with Gasteiger partial charge in [0.05, 0.1) is 12.0 Å². The highest BCUT2D eigenvalue weighted by molar-refractivity contribution is 4.97. The van der Waals surface area contributed by atoms with E-state index in [1.165, 1.54) is 32.5 Å². The van der Waals surface area contributed by atoms with Crippen LogP contribution in [0.4, 0.5) is 0 Å². The van der Waals surface area contributed by atoms with E-state index in [-0.39, 0.29) is 0 Å². The lowest BCUT2D eigenvalue weighted by molar-refractivity contribution is 0.126. The van der Waals surface area contributed by atoms with Gasteiger partial charge < -0.3 is 15.2 Å². The lowest BCUT2D eigenvalue weighted by atomic mass is 10.0. The third kappa shape index (κ3) is 4.03. The fourth-order valence-corrected chi connectivity index (χ4v) is 2.82. The van der Waals surface area contributed by atoms with E-state index in [4.69, 9.17) is 5.73 Å². The van der Waals surface area contributed by atoms with Crippen molar-refractivity contribution in [1.82, 2.24) is 19.4 Å². The number of nitrogens with zero attached hydrogens (tertiary/aromatic N) is 4. The van der Waals surface area contributed by atoms with E-state index in [0.717, 1.165) is 18.8 Å². The van der Waals surface area contributed by atoms with E-state index in [0.29, 0.717) is 12.6 Å². The second-order valence-electron chi connectivity index (χ2n) is 5.47. The summed E-state index contributed by atoms with van der Waals surface area (Å²) in [6.45, 7) is 8.34. The van der Waals surface area contributed by atoms with Gasteiger partial charge in [-0.2, -0.15) is 0 Å². The van der Waals surface area contributed by atoms with Crippen LogP contribution in [-0.2, 0) is 13.1 Å². The molecule has 0 amide bonds. The van der Waals surface area contributed by atoms with Crippen molar-refractivity contribution in [3.8, 4) is 0 Å². The normalized spacial score (nSPS) is 18.3. The monoisotopic (exact) mass is 265 g/mol. The average Bonchev–Trinajstić information content (AvgIpc) is 2.86. The Hall–Kier alpha value is -0.910. The topological polar surface area (TPSA) is 50.3 Å². The Morgan fingerprint density at radius 3 is 2.79 bits per heavy atom. The van der Waals surface area contributed by atoms with Gasteiger partial charge in [-0.15, -0.1) is 0 Å². The molecule has 5 nitrogen and oxygen atoms in total. The number of likely N-dealkylation sites (tertiary alicyclic amines) is 1. The molecule has 1 aromatic rings. The number of nitrogens with two attached hydrogens (primary N) is 1. The molecule has 108 valence electrons. The van der Waals surface area contributed by atoms with Crippen LogP contribution in [0.1, 0.15) is 25.5 Å². The van der Waals surface area contributed by atoms with Crippen LogP contribution in [0.3, 0.4) is 0 Å². The standard InChI is InChI=1S/C14H27N5/c1-3-18-7-4-14(5-8-18)17(2)10-13-11-19(9-6-15)12-16-13/h11-12,14H,3-10,15H2,1-2H3. The molecule has 0 saturated carbocycles. The Morgan fingerprint density at radius 1 is 1.42 bits per heavy atom. The van der Waals surface area contributed by atoms with Crippen LogP contribution >= 0.6 is 0 Å². The number of hydrogen-bond donors (Lipinski definition) is 1. The van der Waals surface area contributed by atoms with Crippen molar-refractivity contribution < 1.29 is 0 Å². The summed E-state index contributed by atoms with van der Waals surface area (Å²) in [7, 11) is 2.22. The lowest BCUT2D eigenvalue weighted by Gasteiger charge is -2.36. The Labute approximate surface area is 116 Å². The van der Waals surface area contributed by atoms with Gasteiger partial charge in [-0.25, -0.2) is 4.98 Å². The second kappa shape index (κ2) is 7.03. The second-order valence-corrected chi connectivity index (χ2v) is 5.47. The molecule has 2 rings (SSSR count). The maximum atomic E-state index is 5.55. The molecule has 1 aliphatic rings. The molecule has 1 fully saturated rings. The fraction of sp³-hybridized carbons (Fsp3) is 0.786. The fourth-order valence-electron chi connectivity index (χ4n) is 2.82. The van der Waals surface area contributed by atoms with Crippen molar-refractivity contribution in [2.24, 2.45) is 5.73 Å². The number of imidazole rings is 1. The minimum absolute atomic E-state index is 0.668. The molecular formula is C14H27N5. The summed E-state index contributed by atoms with van der Waals surface area (Å²) >= 11 is 0. The third-order valence-electron chi connectivity index (χ3n) is 4.11. The summed E-state index contributed by atoms with van der Waals surface area (Å²) in [5, 5.41) is 0. The first kappa shape index (κ1) is 14.5. The molecule has 0 aromatic carbocycles. The zero-order chi connectivity index (χ0) is 13.7. The van der Waals surface area contributed by atoms with Crippen molar-refractivity contribution in [3.05, 3.63) is 18.2 Å². The van der Waals surface area contributed by atoms with E-state index in [1.807, 2.05) is 6.33 Å². The molecule has 0 atom stereocenters. The Morgan fingerprint density at radius 2 is 2.16 bits per heavy atom. The quantitative estimate of drug-likeness (QED) is 0.825. The molecule has 19 heavy (non-hydrogen) atoms. The van der Waals surface area contributed by atoms with Crippen LogP contribution < -0.4 is 5.73 Å². The molecule has 0 bridgehead atoms. The van der Waals surface area contributed by atoms with E-state index in [2.05, 4.69) is 39.5 Å². The zero-order valence-electron chi connectivity index (χ0n) is 12.3. The van der Waals surface area contributed by atoms with Crippen LogP contribution in [-0.4, -0.2) is 58.6 Å². The molecule has 0 radical (unpaired) electrons. The Bertz CT molecular complexity index is 368. The maximum absolute atomic E-state index is 5.55. The van der Waals surface area contributed by atoms with Crippen molar-refractivity contribution in [2.75, 3.05) is 33.2 Å². The van der Waals surface area contributed by atoms with Crippen LogP contribution in [0.15, 0.2) is 12.5 Å². The maximum Gasteiger partial charge on any atom is 0.0950 e. The van der Waals surface area contributed by atoms with Gasteiger partial charge in [-0.05, 0) is 39.5 Å². The molecule has 2 N–H and O–H groups in total. The minimum atomic E-state index is 0.668. The van der Waals surface area contributed by atoms with Crippen LogP contribution in [0.5, 0.6) is 0 Å². The predicted octanol–water partition coefficient (Wildman–Crippen LogP) is 0.758. The zero-order valence-corrected chi connectivity index (χ0v) is 12.3. The van der Waals surface area contributed by atoms with Gasteiger partial charge in [-0.3, -0.25) is 4.90 Å². The first-order chi connectivity index (χ1) is 9.22. The summed E-state index contributed by atoms with van der Waals surface area (Å²) in [5.41, 5.74) is 6.70. The summed E-state index contributed by atoms with van der Waals surface area (Å²) in [5.74, 6) is 0. The minimum Gasteiger partial charge on any atom is -0.336 e. The van der Waals surface area contributed by atoms with Crippen LogP contribution in [0.25, 0.3) is 0 Å². The third-order valence-corrected chi connectivity index (χ3v) is 4.11. The van der Waals surface area contributed by atoms with Gasteiger partial charge >= 0.3 is 0 Å². The highest BCUT2D eigenvalue weighted by atomic mass is 15.2. The van der Waals surface area contributed by atoms with Gasteiger partial charge in [-0.1, -0.05) is 6.92 Å². The smallest absolute Gasteiger partial charge is 0.0950 e. The molecule has 5 heteroatoms. The first-order valence-electron chi connectivity index (χ1n) is 7.36. The van der Waals surface area contributed by atoms with Crippen LogP contribution in [0, 0.1) is 0 Å². The number of aromatic nitrogens is 2. The summed E-state index contributed by atoms with van der Waals surface area (Å²) in [4.78, 5) is 9.43. The molecule has 0 aliphatic carbocycles. The summed E-state index contributed by atoms with van der Waals surface area (Å²) in [6, 6.07) is 0.697. The van der Waals surface area contributed by atoms with Crippen molar-refractivity contribution in [3.63, 3.8) is 0 Å². The molecule has 2 heterocycles. The predicted molar refractivity (Wildman–Crippen MR) is 77.9 cm³/mol. The highest BCUT2D eigenvalue weighted by Gasteiger charge is 2.21. The van der Waals surface area contributed by atoms with E-state index >= 15 is 0 Å². The molecular weight excluding hydrogens is 238 g/mol.